The van der Waals surface area contributed by atoms with Crippen molar-refractivity contribution in [3.8, 4) is 0 Å². The van der Waals surface area contributed by atoms with Gasteiger partial charge >= 0.3 is 11.9 Å². The molecule has 2 heterocycles. The fourth-order valence-electron chi connectivity index (χ4n) is 8.09. The molecule has 0 spiro atoms. The van der Waals surface area contributed by atoms with Crippen LogP contribution in [-0.4, -0.2) is 108 Å². The second kappa shape index (κ2) is 18.5. The number of methoxy groups -OCH3 is 1. The molecule has 2 aliphatic heterocycles. The highest BCUT2D eigenvalue weighted by molar-refractivity contribution is 5.96. The van der Waals surface area contributed by atoms with Crippen LogP contribution >= 0.6 is 0 Å². The third-order valence-electron chi connectivity index (χ3n) is 11.3. The summed E-state index contributed by atoms with van der Waals surface area (Å²) in [4.78, 5) is 43.5. The van der Waals surface area contributed by atoms with Crippen LogP contribution in [-0.2, 0) is 39.7 Å². The maximum absolute atomic E-state index is 14.2. The van der Waals surface area contributed by atoms with Gasteiger partial charge in [0.1, 0.15) is 11.7 Å². The lowest BCUT2D eigenvalue weighted by atomic mass is 9.76. The number of aliphatic hydroxyl groups excluding tert-OH is 1. The second-order valence-corrected chi connectivity index (χ2v) is 15.8. The summed E-state index contributed by atoms with van der Waals surface area (Å²) >= 11 is 0. The lowest BCUT2D eigenvalue weighted by Gasteiger charge is -2.48. The van der Waals surface area contributed by atoms with Gasteiger partial charge in [-0.2, -0.15) is 0 Å². The predicted octanol–water partition coefficient (Wildman–Crippen LogP) is 5.55. The highest BCUT2D eigenvalue weighted by Gasteiger charge is 2.51. The molecule has 2 N–H and O–H groups in total. The number of hydrogen-bond acceptors (Lipinski definition) is 11. The molecule has 2 aromatic rings. The molecule has 11 heteroatoms. The van der Waals surface area contributed by atoms with Crippen LogP contribution in [0.5, 0.6) is 0 Å². The molecule has 12 atom stereocenters. The van der Waals surface area contributed by atoms with E-state index in [4.69, 9.17) is 23.7 Å². The summed E-state index contributed by atoms with van der Waals surface area (Å²) < 4.78 is 31.7. The predicted molar refractivity (Wildman–Crippen MR) is 205 cm³/mol. The number of hydrogen-bond donors (Lipinski definition) is 2. The molecule has 0 amide bonds. The minimum absolute atomic E-state index is 0.0986. The molecule has 2 aliphatic rings. The first-order chi connectivity index (χ1) is 25.4. The Morgan fingerprint density at radius 1 is 1.00 bits per heavy atom. The van der Waals surface area contributed by atoms with Gasteiger partial charge in [-0.15, -0.1) is 0 Å². The summed E-state index contributed by atoms with van der Waals surface area (Å²) in [5.74, 6) is -3.96. The van der Waals surface area contributed by atoms with E-state index in [1.54, 1.807) is 65.8 Å². The monoisotopic (exact) mass is 751 g/mol. The van der Waals surface area contributed by atoms with Gasteiger partial charge in [0.05, 0.1) is 41.4 Å². The van der Waals surface area contributed by atoms with Crippen molar-refractivity contribution in [3.05, 3.63) is 83.4 Å². The van der Waals surface area contributed by atoms with E-state index in [9.17, 15) is 24.6 Å². The molecule has 11 nitrogen and oxygen atoms in total. The number of benzene rings is 2. The third kappa shape index (κ3) is 10.0. The fourth-order valence-corrected chi connectivity index (χ4v) is 8.09. The lowest BCUT2D eigenvalue weighted by Crippen LogP contribution is -2.60. The minimum Gasteiger partial charge on any atom is -0.459 e. The highest BCUT2D eigenvalue weighted by atomic mass is 16.7. The second-order valence-electron chi connectivity index (χ2n) is 15.8. The van der Waals surface area contributed by atoms with Gasteiger partial charge < -0.3 is 38.8 Å². The van der Waals surface area contributed by atoms with E-state index in [1.807, 2.05) is 62.3 Å². The lowest BCUT2D eigenvalue weighted by molar-refractivity contribution is -0.300. The summed E-state index contributed by atoms with van der Waals surface area (Å²) in [6.07, 6.45) is -3.04. The van der Waals surface area contributed by atoms with Crippen LogP contribution in [0.1, 0.15) is 83.7 Å². The van der Waals surface area contributed by atoms with Gasteiger partial charge in [0.2, 0.25) is 0 Å². The number of carbonyl (C=O) groups excluding carboxylic acids is 3. The van der Waals surface area contributed by atoms with Gasteiger partial charge in [-0.3, -0.25) is 9.59 Å². The van der Waals surface area contributed by atoms with Gasteiger partial charge in [0.15, 0.2) is 18.2 Å². The van der Waals surface area contributed by atoms with E-state index in [1.165, 1.54) is 13.2 Å². The molecule has 1 saturated heterocycles. The maximum atomic E-state index is 14.2. The molecule has 54 heavy (non-hydrogen) atoms. The zero-order valence-electron chi connectivity index (χ0n) is 33.6. The average molecular weight is 752 g/mol. The fraction of sp³-hybridized carbons (Fsp3) is 0.605. The van der Waals surface area contributed by atoms with E-state index in [-0.39, 0.29) is 37.2 Å². The van der Waals surface area contributed by atoms with Crippen molar-refractivity contribution in [2.75, 3.05) is 21.2 Å². The Morgan fingerprint density at radius 2 is 1.61 bits per heavy atom. The number of likely N-dealkylation sites (N-methyl/N-ethyl adjacent to an activating group) is 1. The van der Waals surface area contributed by atoms with Crippen molar-refractivity contribution in [2.45, 2.75) is 128 Å². The molecule has 0 radical (unpaired) electrons. The number of rotatable bonds is 9. The molecule has 1 unspecified atom stereocenters. The molecule has 2 aromatic carbocycles. The average Bonchev–Trinajstić information content (AvgIpc) is 3.15. The van der Waals surface area contributed by atoms with E-state index in [0.717, 1.165) is 5.56 Å². The SMILES string of the molecule is CC[C@H]1OC(=O)[C@H](C)[C@@H](O)[C@H](C)[C@@H](OC2O[C@H](C)C[C@H](N(C)C)[C@H]2OC(=O)c2ccccc2)[C@@](C)(OC)C[C@@H](C)C(=O)/C(C)=C/[C@@]1(O)Cc1ccccc1. The van der Waals surface area contributed by atoms with E-state index in [0.29, 0.717) is 17.6 Å². The normalized spacial score (nSPS) is 36.8. The van der Waals surface area contributed by atoms with Crippen molar-refractivity contribution in [1.82, 2.24) is 4.90 Å². The van der Waals surface area contributed by atoms with Crippen LogP contribution in [0.4, 0.5) is 0 Å². The zero-order chi connectivity index (χ0) is 40.0. The summed E-state index contributed by atoms with van der Waals surface area (Å²) in [7, 11) is 5.31. The number of nitrogens with zero attached hydrogens (tertiary/aromatic N) is 1. The Morgan fingerprint density at radius 3 is 2.19 bits per heavy atom. The van der Waals surface area contributed by atoms with Crippen molar-refractivity contribution in [1.29, 1.82) is 0 Å². The van der Waals surface area contributed by atoms with E-state index >= 15 is 0 Å². The number of aliphatic hydroxyl groups is 2. The van der Waals surface area contributed by atoms with Crippen LogP contribution in [0.3, 0.4) is 0 Å². The number of allylic oxidation sites excluding steroid dienone is 1. The van der Waals surface area contributed by atoms with Gasteiger partial charge in [0.25, 0.3) is 0 Å². The Bertz CT molecular complexity index is 1580. The molecule has 0 saturated carbocycles. The van der Waals surface area contributed by atoms with E-state index in [2.05, 4.69) is 0 Å². The molecular formula is C43H61NO10. The number of Topliss-reactive ketones (excluding diaryl/α,β-unsaturated/α-hetero) is 1. The summed E-state index contributed by atoms with van der Waals surface area (Å²) in [6, 6.07) is 17.7. The standard InChI is InChI=1S/C43H61NO10/c1-11-34-43(49,25-31-18-14-12-15-19-31)24-27(3)35(45)26(2)23-42(7,50-10)38(29(5)36(46)30(6)39(47)52-34)54-41-37(33(44(8)9)22-28(4)51-41)53-40(48)32-20-16-13-17-21-32/h12-21,24,26,28-30,33-34,36-38,41,46,49H,11,22-23,25H2,1-10H3/b27-24+/t26-,28-,29+,30-,33+,34-,36+,37-,38-,41?,42+,43-/m1/s1. The van der Waals surface area contributed by atoms with Crippen molar-refractivity contribution < 1.29 is 48.3 Å². The number of esters is 2. The first kappa shape index (κ1) is 43.3. The van der Waals surface area contributed by atoms with Crippen LogP contribution < -0.4 is 0 Å². The number of carbonyl (C=O) groups is 3. The first-order valence-electron chi connectivity index (χ1n) is 19.1. The molecular weight excluding hydrogens is 690 g/mol. The topological polar surface area (TPSA) is 141 Å². The molecule has 298 valence electrons. The van der Waals surface area contributed by atoms with Crippen molar-refractivity contribution >= 4 is 17.7 Å². The van der Waals surface area contributed by atoms with Crippen LogP contribution in [0.15, 0.2) is 72.3 Å². The molecule has 1 fully saturated rings. The Balaban J connectivity index is 1.78. The highest BCUT2D eigenvalue weighted by Crippen LogP contribution is 2.39. The number of cyclic esters (lactones) is 1. The third-order valence-corrected chi connectivity index (χ3v) is 11.3. The first-order valence-corrected chi connectivity index (χ1v) is 19.1. The quantitative estimate of drug-likeness (QED) is 0.312. The Hall–Kier alpha value is -3.45. The van der Waals surface area contributed by atoms with E-state index < -0.39 is 71.6 Å². The number of ether oxygens (including phenoxy) is 5. The molecule has 0 aromatic heterocycles. The maximum Gasteiger partial charge on any atom is 0.338 e. The molecule has 0 bridgehead atoms. The smallest absolute Gasteiger partial charge is 0.338 e. The van der Waals surface area contributed by atoms with Gasteiger partial charge in [-0.25, -0.2) is 4.79 Å². The zero-order valence-corrected chi connectivity index (χ0v) is 33.6. The number of ketones is 1. The van der Waals surface area contributed by atoms with Crippen molar-refractivity contribution in [2.24, 2.45) is 17.8 Å². The summed E-state index contributed by atoms with van der Waals surface area (Å²) in [5.41, 5.74) is -1.46. The molecule has 0 aliphatic carbocycles. The minimum atomic E-state index is -1.72. The Labute approximate surface area is 321 Å². The van der Waals surface area contributed by atoms with Gasteiger partial charge in [-0.05, 0) is 90.4 Å². The Kier molecular flexibility index (Phi) is 14.8. The van der Waals surface area contributed by atoms with Crippen molar-refractivity contribution in [3.63, 3.8) is 0 Å². The summed E-state index contributed by atoms with van der Waals surface area (Å²) in [5, 5.41) is 24.2. The van der Waals surface area contributed by atoms with Crippen LogP contribution in [0.25, 0.3) is 0 Å². The summed E-state index contributed by atoms with van der Waals surface area (Å²) in [6.45, 7) is 12.3. The van der Waals surface area contributed by atoms with Gasteiger partial charge in [0, 0.05) is 25.4 Å². The van der Waals surface area contributed by atoms with Gasteiger partial charge in [-0.1, -0.05) is 69.3 Å². The van der Waals surface area contributed by atoms with Crippen LogP contribution in [0, 0.1) is 17.8 Å². The van der Waals surface area contributed by atoms with Crippen LogP contribution in [0.2, 0.25) is 0 Å². The molecule has 4 rings (SSSR count). The largest absolute Gasteiger partial charge is 0.459 e.